The lowest BCUT2D eigenvalue weighted by Gasteiger charge is -2.15. The summed E-state index contributed by atoms with van der Waals surface area (Å²) in [7, 11) is 0. The lowest BCUT2D eigenvalue weighted by atomic mass is 10.1. The molecule has 1 aliphatic rings. The van der Waals surface area contributed by atoms with E-state index in [1.807, 2.05) is 10.6 Å². The standard InChI is InChI=1S/C16H26N2O/c1-3-11-17-13(2)6-5-12-18-15-8-4-7-14(15)9-10-16(18)19/h9-10,13,17H,3-8,11-12H2,1-2H3. The van der Waals surface area contributed by atoms with E-state index in [0.717, 1.165) is 38.8 Å². The van der Waals surface area contributed by atoms with E-state index >= 15 is 0 Å². The van der Waals surface area contributed by atoms with Crippen LogP contribution in [0.1, 0.15) is 50.8 Å². The van der Waals surface area contributed by atoms with Crippen molar-refractivity contribution in [3.05, 3.63) is 33.7 Å². The molecule has 0 aliphatic heterocycles. The van der Waals surface area contributed by atoms with E-state index in [4.69, 9.17) is 0 Å². The SMILES string of the molecule is CCCNC(C)CCCn1c2c(ccc1=O)CCC2. The summed E-state index contributed by atoms with van der Waals surface area (Å²) in [6, 6.07) is 4.31. The maximum absolute atomic E-state index is 12.0. The van der Waals surface area contributed by atoms with Crippen molar-refractivity contribution in [3.63, 3.8) is 0 Å². The minimum absolute atomic E-state index is 0.176. The zero-order valence-corrected chi connectivity index (χ0v) is 12.2. The van der Waals surface area contributed by atoms with Gasteiger partial charge >= 0.3 is 0 Å². The Bertz CT molecular complexity index is 464. The highest BCUT2D eigenvalue weighted by molar-refractivity contribution is 5.25. The molecule has 1 atom stereocenters. The van der Waals surface area contributed by atoms with E-state index in [1.165, 1.54) is 24.1 Å². The molecular formula is C16H26N2O. The van der Waals surface area contributed by atoms with Gasteiger partial charge in [-0.15, -0.1) is 0 Å². The van der Waals surface area contributed by atoms with Crippen molar-refractivity contribution >= 4 is 0 Å². The predicted molar refractivity (Wildman–Crippen MR) is 79.7 cm³/mol. The van der Waals surface area contributed by atoms with Gasteiger partial charge in [0.15, 0.2) is 0 Å². The highest BCUT2D eigenvalue weighted by Crippen LogP contribution is 2.20. The van der Waals surface area contributed by atoms with Gasteiger partial charge in [0.1, 0.15) is 0 Å². The molecule has 1 aromatic rings. The van der Waals surface area contributed by atoms with Crippen LogP contribution in [-0.2, 0) is 19.4 Å². The first-order valence-electron chi connectivity index (χ1n) is 7.67. The van der Waals surface area contributed by atoms with E-state index in [0.29, 0.717) is 6.04 Å². The fourth-order valence-corrected chi connectivity index (χ4v) is 2.93. The molecule has 19 heavy (non-hydrogen) atoms. The second-order valence-corrected chi connectivity index (χ2v) is 5.65. The Labute approximate surface area is 116 Å². The van der Waals surface area contributed by atoms with E-state index in [-0.39, 0.29) is 5.56 Å². The Morgan fingerprint density at radius 2 is 2.21 bits per heavy atom. The minimum Gasteiger partial charge on any atom is -0.314 e. The summed E-state index contributed by atoms with van der Waals surface area (Å²) in [4.78, 5) is 12.0. The molecular weight excluding hydrogens is 236 g/mol. The summed E-state index contributed by atoms with van der Waals surface area (Å²) < 4.78 is 2.01. The van der Waals surface area contributed by atoms with E-state index in [2.05, 4.69) is 19.2 Å². The summed E-state index contributed by atoms with van der Waals surface area (Å²) in [5.74, 6) is 0. The molecule has 1 unspecified atom stereocenters. The lowest BCUT2D eigenvalue weighted by Crippen LogP contribution is -2.28. The predicted octanol–water partition coefficient (Wildman–Crippen LogP) is 2.51. The fraction of sp³-hybridized carbons (Fsp3) is 0.688. The lowest BCUT2D eigenvalue weighted by molar-refractivity contribution is 0.469. The summed E-state index contributed by atoms with van der Waals surface area (Å²) in [6.45, 7) is 6.38. The molecule has 106 valence electrons. The Hall–Kier alpha value is -1.09. The van der Waals surface area contributed by atoms with Crippen LogP contribution in [0.25, 0.3) is 0 Å². The molecule has 0 radical (unpaired) electrons. The second-order valence-electron chi connectivity index (χ2n) is 5.65. The number of hydrogen-bond donors (Lipinski definition) is 1. The van der Waals surface area contributed by atoms with Crippen LogP contribution in [0.4, 0.5) is 0 Å². The van der Waals surface area contributed by atoms with Gasteiger partial charge < -0.3 is 9.88 Å². The topological polar surface area (TPSA) is 34.0 Å². The van der Waals surface area contributed by atoms with Crippen LogP contribution >= 0.6 is 0 Å². The molecule has 3 heteroatoms. The highest BCUT2D eigenvalue weighted by atomic mass is 16.1. The van der Waals surface area contributed by atoms with Crippen LogP contribution in [0.2, 0.25) is 0 Å². The van der Waals surface area contributed by atoms with Gasteiger partial charge in [-0.2, -0.15) is 0 Å². The third-order valence-corrected chi connectivity index (χ3v) is 4.01. The van der Waals surface area contributed by atoms with Gasteiger partial charge in [-0.3, -0.25) is 4.79 Å². The number of rotatable bonds is 7. The van der Waals surface area contributed by atoms with Crippen LogP contribution < -0.4 is 10.9 Å². The number of pyridine rings is 1. The number of nitrogens with one attached hydrogen (secondary N) is 1. The van der Waals surface area contributed by atoms with Crippen LogP contribution in [0.3, 0.4) is 0 Å². The van der Waals surface area contributed by atoms with E-state index in [9.17, 15) is 4.79 Å². The number of aryl methyl sites for hydroxylation is 1. The monoisotopic (exact) mass is 262 g/mol. The maximum atomic E-state index is 12.0. The minimum atomic E-state index is 0.176. The zero-order valence-electron chi connectivity index (χ0n) is 12.2. The first-order valence-corrected chi connectivity index (χ1v) is 7.67. The molecule has 0 fully saturated rings. The molecule has 1 aliphatic carbocycles. The fourth-order valence-electron chi connectivity index (χ4n) is 2.93. The number of hydrogen-bond acceptors (Lipinski definition) is 2. The Balaban J connectivity index is 1.90. The average molecular weight is 262 g/mol. The zero-order chi connectivity index (χ0) is 13.7. The van der Waals surface area contributed by atoms with Crippen molar-refractivity contribution in [3.8, 4) is 0 Å². The Morgan fingerprint density at radius 1 is 1.37 bits per heavy atom. The van der Waals surface area contributed by atoms with Crippen molar-refractivity contribution < 1.29 is 0 Å². The molecule has 3 nitrogen and oxygen atoms in total. The summed E-state index contributed by atoms with van der Waals surface area (Å²) >= 11 is 0. The largest absolute Gasteiger partial charge is 0.314 e. The van der Waals surface area contributed by atoms with Crippen LogP contribution in [0, 0.1) is 0 Å². The number of nitrogens with zero attached hydrogens (tertiary/aromatic N) is 1. The van der Waals surface area contributed by atoms with Crippen molar-refractivity contribution in [2.75, 3.05) is 6.54 Å². The maximum Gasteiger partial charge on any atom is 0.250 e. The van der Waals surface area contributed by atoms with Crippen molar-refractivity contribution in [2.24, 2.45) is 0 Å². The quantitative estimate of drug-likeness (QED) is 0.819. The molecule has 1 N–H and O–H groups in total. The smallest absolute Gasteiger partial charge is 0.250 e. The van der Waals surface area contributed by atoms with Crippen LogP contribution in [0.15, 0.2) is 16.9 Å². The van der Waals surface area contributed by atoms with E-state index in [1.54, 1.807) is 6.07 Å². The highest BCUT2D eigenvalue weighted by Gasteiger charge is 2.15. The van der Waals surface area contributed by atoms with Crippen LogP contribution in [0.5, 0.6) is 0 Å². The molecule has 0 bridgehead atoms. The first kappa shape index (κ1) is 14.3. The summed E-state index contributed by atoms with van der Waals surface area (Å²) in [5.41, 5.74) is 2.85. The van der Waals surface area contributed by atoms with Gasteiger partial charge in [0.25, 0.3) is 5.56 Å². The summed E-state index contributed by atoms with van der Waals surface area (Å²) in [6.07, 6.45) is 6.81. The van der Waals surface area contributed by atoms with Crippen LogP contribution in [-0.4, -0.2) is 17.2 Å². The molecule has 0 saturated heterocycles. The molecule has 0 spiro atoms. The third kappa shape index (κ3) is 3.69. The summed E-state index contributed by atoms with van der Waals surface area (Å²) in [5, 5.41) is 3.50. The first-order chi connectivity index (χ1) is 9.22. The molecule has 1 aromatic heterocycles. The molecule has 0 aromatic carbocycles. The molecule has 2 rings (SSSR count). The normalized spacial score (nSPS) is 15.5. The number of aromatic nitrogens is 1. The van der Waals surface area contributed by atoms with Crippen molar-refractivity contribution in [1.82, 2.24) is 9.88 Å². The molecule has 1 heterocycles. The van der Waals surface area contributed by atoms with Crippen molar-refractivity contribution in [2.45, 2.75) is 65.0 Å². The van der Waals surface area contributed by atoms with Gasteiger partial charge in [-0.05, 0) is 57.6 Å². The second kappa shape index (κ2) is 6.90. The number of fused-ring (bicyclic) bond motifs is 1. The van der Waals surface area contributed by atoms with Gasteiger partial charge in [0.05, 0.1) is 0 Å². The third-order valence-electron chi connectivity index (χ3n) is 4.01. The van der Waals surface area contributed by atoms with Gasteiger partial charge in [0.2, 0.25) is 0 Å². The molecule has 0 amide bonds. The van der Waals surface area contributed by atoms with E-state index < -0.39 is 0 Å². The van der Waals surface area contributed by atoms with Crippen molar-refractivity contribution in [1.29, 1.82) is 0 Å². The van der Waals surface area contributed by atoms with Gasteiger partial charge in [-0.25, -0.2) is 0 Å². The Kier molecular flexibility index (Phi) is 5.20. The molecule has 0 saturated carbocycles. The average Bonchev–Trinajstić information content (AvgIpc) is 2.87. The van der Waals surface area contributed by atoms with Gasteiger partial charge in [-0.1, -0.05) is 13.0 Å². The Morgan fingerprint density at radius 3 is 3.00 bits per heavy atom. The van der Waals surface area contributed by atoms with Gasteiger partial charge in [0, 0.05) is 24.3 Å².